The van der Waals surface area contributed by atoms with E-state index in [1.165, 1.54) is 30.8 Å². The van der Waals surface area contributed by atoms with Gasteiger partial charge in [0.25, 0.3) is 0 Å². The molecule has 0 aromatic heterocycles. The maximum Gasteiger partial charge on any atom is 0.0939 e. The van der Waals surface area contributed by atoms with Crippen molar-refractivity contribution in [1.82, 2.24) is 5.32 Å². The van der Waals surface area contributed by atoms with Crippen molar-refractivity contribution in [2.24, 2.45) is 11.8 Å². The van der Waals surface area contributed by atoms with Gasteiger partial charge in [0.2, 0.25) is 0 Å². The largest absolute Gasteiger partial charge is 0.378 e. The van der Waals surface area contributed by atoms with Crippen LogP contribution >= 0.6 is 11.8 Å². The van der Waals surface area contributed by atoms with E-state index in [0.29, 0.717) is 6.04 Å². The fourth-order valence-electron chi connectivity index (χ4n) is 3.39. The monoisotopic (exact) mass is 315 g/mol. The van der Waals surface area contributed by atoms with Crippen molar-refractivity contribution >= 4 is 11.8 Å². The molecule has 0 aromatic carbocycles. The highest BCUT2D eigenvalue weighted by Gasteiger charge is 2.42. The topological polar surface area (TPSA) is 30.5 Å². The quantitative estimate of drug-likeness (QED) is 0.744. The van der Waals surface area contributed by atoms with E-state index < -0.39 is 0 Å². The van der Waals surface area contributed by atoms with E-state index in [2.05, 4.69) is 37.8 Å². The van der Waals surface area contributed by atoms with E-state index in [1.54, 1.807) is 0 Å². The fraction of sp³-hybridized carbons (Fsp3) is 1.00. The van der Waals surface area contributed by atoms with E-state index in [-0.39, 0.29) is 5.60 Å². The van der Waals surface area contributed by atoms with Gasteiger partial charge in [-0.15, -0.1) is 0 Å². The van der Waals surface area contributed by atoms with Crippen LogP contribution in [-0.4, -0.2) is 49.5 Å². The number of nitrogens with one attached hydrogen (secondary N) is 1. The Kier molecular flexibility index (Phi) is 7.33. The molecule has 2 aliphatic heterocycles. The molecule has 0 aromatic rings. The Hall–Kier alpha value is 0.230. The highest BCUT2D eigenvalue weighted by Crippen LogP contribution is 2.37. The van der Waals surface area contributed by atoms with Gasteiger partial charge in [0, 0.05) is 31.4 Å². The van der Waals surface area contributed by atoms with Crippen LogP contribution in [0.25, 0.3) is 0 Å². The molecule has 2 rings (SSSR count). The minimum Gasteiger partial charge on any atom is -0.378 e. The molecule has 1 N–H and O–H groups in total. The third-order valence-corrected chi connectivity index (χ3v) is 6.07. The smallest absolute Gasteiger partial charge is 0.0939 e. The first-order valence-electron chi connectivity index (χ1n) is 8.68. The summed E-state index contributed by atoms with van der Waals surface area (Å²) in [5, 5.41) is 3.80. The van der Waals surface area contributed by atoms with E-state index in [4.69, 9.17) is 9.47 Å². The summed E-state index contributed by atoms with van der Waals surface area (Å²) in [6.07, 6.45) is 4.67. The molecule has 3 atom stereocenters. The summed E-state index contributed by atoms with van der Waals surface area (Å²) in [6.45, 7) is 10.6. The van der Waals surface area contributed by atoms with Gasteiger partial charge in [-0.1, -0.05) is 20.8 Å². The predicted octanol–water partition coefficient (Wildman–Crippen LogP) is 3.33. The molecule has 124 valence electrons. The molecule has 4 heteroatoms. The summed E-state index contributed by atoms with van der Waals surface area (Å²) in [5.41, 5.74) is 0.0395. The van der Waals surface area contributed by atoms with Crippen molar-refractivity contribution in [2.75, 3.05) is 37.9 Å². The summed E-state index contributed by atoms with van der Waals surface area (Å²) in [5.74, 6) is 4.03. The van der Waals surface area contributed by atoms with Gasteiger partial charge >= 0.3 is 0 Å². The van der Waals surface area contributed by atoms with Gasteiger partial charge in [0.15, 0.2) is 0 Å². The molecule has 3 nitrogen and oxygen atoms in total. The van der Waals surface area contributed by atoms with Crippen LogP contribution < -0.4 is 5.32 Å². The predicted molar refractivity (Wildman–Crippen MR) is 91.1 cm³/mol. The van der Waals surface area contributed by atoms with Crippen LogP contribution in [-0.2, 0) is 9.47 Å². The van der Waals surface area contributed by atoms with Crippen molar-refractivity contribution in [3.63, 3.8) is 0 Å². The molecule has 21 heavy (non-hydrogen) atoms. The number of thioether (sulfide) groups is 1. The Balaban J connectivity index is 1.87. The molecule has 2 heterocycles. The lowest BCUT2D eigenvalue weighted by Crippen LogP contribution is -2.48. The highest BCUT2D eigenvalue weighted by molar-refractivity contribution is 7.99. The van der Waals surface area contributed by atoms with Crippen molar-refractivity contribution < 1.29 is 9.47 Å². The Morgan fingerprint density at radius 1 is 1.29 bits per heavy atom. The maximum atomic E-state index is 6.09. The normalized spacial score (nSPS) is 31.1. The van der Waals surface area contributed by atoms with Crippen LogP contribution in [0.1, 0.15) is 46.5 Å². The number of hydrogen-bond donors (Lipinski definition) is 1. The van der Waals surface area contributed by atoms with Crippen LogP contribution in [0.5, 0.6) is 0 Å². The lowest BCUT2D eigenvalue weighted by atomic mass is 9.81. The average molecular weight is 316 g/mol. The van der Waals surface area contributed by atoms with E-state index in [0.717, 1.165) is 44.6 Å². The first-order chi connectivity index (χ1) is 10.2. The third-order valence-electron chi connectivity index (χ3n) is 4.57. The van der Waals surface area contributed by atoms with Gasteiger partial charge in [-0.25, -0.2) is 0 Å². The van der Waals surface area contributed by atoms with Gasteiger partial charge in [0.1, 0.15) is 0 Å². The summed E-state index contributed by atoms with van der Waals surface area (Å²) >= 11 is 2.11. The Morgan fingerprint density at radius 2 is 2.14 bits per heavy atom. The number of hydrogen-bond acceptors (Lipinski definition) is 4. The Bertz CT molecular complexity index is 293. The zero-order chi connectivity index (χ0) is 15.1. The number of ether oxygens (including phenoxy) is 2. The standard InChI is InChI=1S/C17H33NO2S/c1-4-7-18-16(12-21-11-14(2)3)15-5-8-20-17(10-15)6-9-19-13-17/h14-16,18H,4-13H2,1-3H3. The molecule has 3 unspecified atom stereocenters. The van der Waals surface area contributed by atoms with Crippen LogP contribution in [0.15, 0.2) is 0 Å². The molecular weight excluding hydrogens is 282 g/mol. The summed E-state index contributed by atoms with van der Waals surface area (Å²) < 4.78 is 11.7. The van der Waals surface area contributed by atoms with Gasteiger partial charge in [-0.3, -0.25) is 0 Å². The zero-order valence-electron chi connectivity index (χ0n) is 14.0. The number of rotatable bonds is 8. The van der Waals surface area contributed by atoms with Gasteiger partial charge in [0.05, 0.1) is 12.2 Å². The molecule has 2 fully saturated rings. The first-order valence-corrected chi connectivity index (χ1v) is 9.83. The Morgan fingerprint density at radius 3 is 2.81 bits per heavy atom. The second-order valence-corrected chi connectivity index (χ2v) is 8.15. The molecular formula is C17H33NO2S. The van der Waals surface area contributed by atoms with Crippen molar-refractivity contribution in [1.29, 1.82) is 0 Å². The van der Waals surface area contributed by atoms with Gasteiger partial charge < -0.3 is 14.8 Å². The van der Waals surface area contributed by atoms with Crippen LogP contribution in [0, 0.1) is 11.8 Å². The molecule has 0 bridgehead atoms. The summed E-state index contributed by atoms with van der Waals surface area (Å²) in [7, 11) is 0. The van der Waals surface area contributed by atoms with Gasteiger partial charge in [-0.2, -0.15) is 11.8 Å². The molecule has 0 amide bonds. The van der Waals surface area contributed by atoms with E-state index in [9.17, 15) is 0 Å². The molecule has 0 saturated carbocycles. The molecule has 2 saturated heterocycles. The Labute approximate surface area is 134 Å². The average Bonchev–Trinajstić information content (AvgIpc) is 2.90. The molecule has 0 radical (unpaired) electrons. The third kappa shape index (κ3) is 5.42. The zero-order valence-corrected chi connectivity index (χ0v) is 14.8. The van der Waals surface area contributed by atoms with Crippen molar-refractivity contribution in [3.05, 3.63) is 0 Å². The summed E-state index contributed by atoms with van der Waals surface area (Å²) in [4.78, 5) is 0. The van der Waals surface area contributed by atoms with Crippen molar-refractivity contribution in [3.8, 4) is 0 Å². The van der Waals surface area contributed by atoms with Crippen molar-refractivity contribution in [2.45, 2.75) is 58.1 Å². The minimum atomic E-state index is 0.0395. The second-order valence-electron chi connectivity index (χ2n) is 7.08. The van der Waals surface area contributed by atoms with Crippen LogP contribution in [0.4, 0.5) is 0 Å². The first kappa shape index (κ1) is 17.6. The summed E-state index contributed by atoms with van der Waals surface area (Å²) in [6, 6.07) is 0.634. The second kappa shape index (κ2) is 8.76. The fourth-order valence-corrected chi connectivity index (χ4v) is 4.65. The lowest BCUT2D eigenvalue weighted by molar-refractivity contribution is -0.102. The molecule has 1 spiro atoms. The maximum absolute atomic E-state index is 6.09. The highest BCUT2D eigenvalue weighted by atomic mass is 32.2. The SMILES string of the molecule is CCCNC(CSCC(C)C)C1CCOC2(CCOC2)C1. The lowest BCUT2D eigenvalue weighted by Gasteiger charge is -2.40. The molecule has 0 aliphatic carbocycles. The van der Waals surface area contributed by atoms with Crippen LogP contribution in [0.3, 0.4) is 0 Å². The molecule has 2 aliphatic rings. The van der Waals surface area contributed by atoms with E-state index >= 15 is 0 Å². The van der Waals surface area contributed by atoms with Gasteiger partial charge in [-0.05, 0) is 43.4 Å². The van der Waals surface area contributed by atoms with Crippen LogP contribution in [0.2, 0.25) is 0 Å². The van der Waals surface area contributed by atoms with E-state index in [1.807, 2.05) is 0 Å². The minimum absolute atomic E-state index is 0.0395.